The minimum absolute atomic E-state index is 0.150. The second kappa shape index (κ2) is 9.94. The number of ether oxygens (including phenoxy) is 1. The Morgan fingerprint density at radius 2 is 1.82 bits per heavy atom. The van der Waals surface area contributed by atoms with E-state index in [0.29, 0.717) is 43.2 Å². The van der Waals surface area contributed by atoms with Gasteiger partial charge in [-0.3, -0.25) is 14.5 Å². The summed E-state index contributed by atoms with van der Waals surface area (Å²) in [4.78, 5) is 44.3. The predicted octanol–water partition coefficient (Wildman–Crippen LogP) is 1.97. The first-order valence-electron chi connectivity index (χ1n) is 11.1. The number of nitrogens with zero attached hydrogens (tertiary/aromatic N) is 4. The highest BCUT2D eigenvalue weighted by atomic mass is 19.1. The predicted molar refractivity (Wildman–Crippen MR) is 126 cm³/mol. The van der Waals surface area contributed by atoms with Gasteiger partial charge >= 0.3 is 6.09 Å². The third-order valence-corrected chi connectivity index (χ3v) is 5.71. The summed E-state index contributed by atoms with van der Waals surface area (Å²) < 4.78 is 20.2. The van der Waals surface area contributed by atoms with E-state index in [9.17, 15) is 18.8 Å². The van der Waals surface area contributed by atoms with Crippen molar-refractivity contribution in [3.63, 3.8) is 0 Å². The molecular weight excluding hydrogens is 443 g/mol. The van der Waals surface area contributed by atoms with Crippen molar-refractivity contribution in [1.82, 2.24) is 10.3 Å². The summed E-state index contributed by atoms with van der Waals surface area (Å²) in [6.45, 7) is 5.83. The van der Waals surface area contributed by atoms with Crippen LogP contribution in [0.15, 0.2) is 36.5 Å². The summed E-state index contributed by atoms with van der Waals surface area (Å²) in [7, 11) is 0. The molecule has 0 spiro atoms. The van der Waals surface area contributed by atoms with Crippen LogP contribution in [0.4, 0.5) is 32.1 Å². The van der Waals surface area contributed by atoms with E-state index in [1.54, 1.807) is 24.4 Å². The quantitative estimate of drug-likeness (QED) is 0.665. The van der Waals surface area contributed by atoms with Gasteiger partial charge in [-0.05, 0) is 30.3 Å². The number of pyridine rings is 1. The van der Waals surface area contributed by atoms with Crippen molar-refractivity contribution in [2.24, 2.45) is 0 Å². The SMILES string of the molecule is CC(=O)NC[C@H]1CN(c2ccc(N3CCN(c4ccc(NC(C)=O)cn4)CC3)c(F)c2)C(=O)O1. The first-order chi connectivity index (χ1) is 16.3. The van der Waals surface area contributed by atoms with E-state index in [2.05, 4.69) is 20.5 Å². The molecule has 1 aromatic carbocycles. The molecule has 180 valence electrons. The highest BCUT2D eigenvalue weighted by Crippen LogP contribution is 2.29. The Kier molecular flexibility index (Phi) is 6.80. The lowest BCUT2D eigenvalue weighted by molar-refractivity contribution is -0.119. The van der Waals surface area contributed by atoms with Gasteiger partial charge < -0.3 is 25.2 Å². The van der Waals surface area contributed by atoms with Gasteiger partial charge in [-0.25, -0.2) is 14.2 Å². The highest BCUT2D eigenvalue weighted by molar-refractivity contribution is 5.90. The zero-order valence-corrected chi connectivity index (χ0v) is 19.1. The standard InChI is InChI=1S/C23H27FN6O4/c1-15(31)25-13-19-14-30(23(33)34-19)18-4-5-21(20(24)11-18)28-7-9-29(10-8-28)22-6-3-17(12-26-22)27-16(2)32/h3-6,11-12,19H,7-10,13-14H2,1-2H3,(H,25,31)(H,27,32)/t19-/m0/s1. The van der Waals surface area contributed by atoms with E-state index in [0.717, 1.165) is 5.82 Å². The van der Waals surface area contributed by atoms with Gasteiger partial charge in [0, 0.05) is 40.0 Å². The van der Waals surface area contributed by atoms with Crippen LogP contribution >= 0.6 is 0 Å². The average molecular weight is 471 g/mol. The van der Waals surface area contributed by atoms with Gasteiger partial charge in [0.2, 0.25) is 11.8 Å². The Hall–Kier alpha value is -3.89. The van der Waals surface area contributed by atoms with Crippen molar-refractivity contribution < 1.29 is 23.5 Å². The van der Waals surface area contributed by atoms with Crippen LogP contribution < -0.4 is 25.3 Å². The van der Waals surface area contributed by atoms with Gasteiger partial charge in [-0.15, -0.1) is 0 Å². The van der Waals surface area contributed by atoms with Crippen molar-refractivity contribution in [3.8, 4) is 0 Å². The fraction of sp³-hybridized carbons (Fsp3) is 0.391. The molecule has 4 rings (SSSR count). The van der Waals surface area contributed by atoms with Gasteiger partial charge in [-0.2, -0.15) is 0 Å². The normalized spacial score (nSPS) is 18.0. The maximum Gasteiger partial charge on any atom is 0.414 e. The Bertz CT molecular complexity index is 1070. The molecule has 2 N–H and O–H groups in total. The smallest absolute Gasteiger partial charge is 0.414 e. The summed E-state index contributed by atoms with van der Waals surface area (Å²) in [5.74, 6) is 0.0261. The van der Waals surface area contributed by atoms with E-state index in [4.69, 9.17) is 4.74 Å². The molecule has 11 heteroatoms. The molecule has 2 aliphatic heterocycles. The van der Waals surface area contributed by atoms with Crippen LogP contribution in [0.1, 0.15) is 13.8 Å². The molecule has 34 heavy (non-hydrogen) atoms. The van der Waals surface area contributed by atoms with Gasteiger partial charge in [-0.1, -0.05) is 0 Å². The van der Waals surface area contributed by atoms with E-state index >= 15 is 0 Å². The number of benzene rings is 1. The molecule has 0 saturated carbocycles. The van der Waals surface area contributed by atoms with Crippen molar-refractivity contribution in [3.05, 3.63) is 42.3 Å². The third-order valence-electron chi connectivity index (χ3n) is 5.71. The highest BCUT2D eigenvalue weighted by Gasteiger charge is 2.33. The Balaban J connectivity index is 1.35. The first-order valence-corrected chi connectivity index (χ1v) is 11.1. The first kappa shape index (κ1) is 23.3. The number of rotatable bonds is 6. The van der Waals surface area contributed by atoms with Crippen LogP contribution in [0.2, 0.25) is 0 Å². The van der Waals surface area contributed by atoms with E-state index in [-0.39, 0.29) is 24.9 Å². The van der Waals surface area contributed by atoms with Crippen LogP contribution in [-0.2, 0) is 14.3 Å². The van der Waals surface area contributed by atoms with Crippen LogP contribution in [0.25, 0.3) is 0 Å². The van der Waals surface area contributed by atoms with Crippen molar-refractivity contribution in [2.75, 3.05) is 59.3 Å². The minimum atomic E-state index is -0.562. The summed E-state index contributed by atoms with van der Waals surface area (Å²) in [6.07, 6.45) is 0.576. The van der Waals surface area contributed by atoms with Gasteiger partial charge in [0.15, 0.2) is 0 Å². The minimum Gasteiger partial charge on any atom is -0.442 e. The molecule has 2 fully saturated rings. The second-order valence-electron chi connectivity index (χ2n) is 8.25. The number of carbonyl (C=O) groups is 3. The molecule has 0 bridgehead atoms. The lowest BCUT2D eigenvalue weighted by atomic mass is 10.2. The number of carbonyl (C=O) groups excluding carboxylic acids is 3. The fourth-order valence-electron chi connectivity index (χ4n) is 4.04. The molecule has 2 saturated heterocycles. The summed E-state index contributed by atoms with van der Waals surface area (Å²) in [5.41, 5.74) is 1.53. The fourth-order valence-corrected chi connectivity index (χ4v) is 4.04. The van der Waals surface area contributed by atoms with Crippen molar-refractivity contribution >= 4 is 40.8 Å². The molecule has 0 aliphatic carbocycles. The number of nitrogens with one attached hydrogen (secondary N) is 2. The van der Waals surface area contributed by atoms with Gasteiger partial charge in [0.05, 0.1) is 36.3 Å². The van der Waals surface area contributed by atoms with Crippen LogP contribution in [0.5, 0.6) is 0 Å². The second-order valence-corrected chi connectivity index (χ2v) is 8.25. The zero-order chi connectivity index (χ0) is 24.2. The maximum absolute atomic E-state index is 15.0. The summed E-state index contributed by atoms with van der Waals surface area (Å²) >= 11 is 0. The molecule has 3 heterocycles. The number of aromatic nitrogens is 1. The lowest BCUT2D eigenvalue weighted by Crippen LogP contribution is -2.47. The lowest BCUT2D eigenvalue weighted by Gasteiger charge is -2.37. The molecule has 0 radical (unpaired) electrons. The maximum atomic E-state index is 15.0. The third kappa shape index (κ3) is 5.36. The molecule has 3 amide bonds. The molecule has 0 unspecified atom stereocenters. The molecule has 2 aromatic rings. The number of anilines is 4. The Labute approximate surface area is 196 Å². The average Bonchev–Trinajstić information content (AvgIpc) is 3.18. The Morgan fingerprint density at radius 1 is 1.09 bits per heavy atom. The Morgan fingerprint density at radius 3 is 2.44 bits per heavy atom. The molecule has 1 aromatic heterocycles. The zero-order valence-electron chi connectivity index (χ0n) is 19.1. The summed E-state index contributed by atoms with van der Waals surface area (Å²) in [5, 5.41) is 5.31. The largest absolute Gasteiger partial charge is 0.442 e. The van der Waals surface area contributed by atoms with Crippen LogP contribution in [0.3, 0.4) is 0 Å². The topological polar surface area (TPSA) is 107 Å². The van der Waals surface area contributed by atoms with Gasteiger partial charge in [0.25, 0.3) is 0 Å². The number of halogens is 1. The van der Waals surface area contributed by atoms with Crippen LogP contribution in [0, 0.1) is 5.82 Å². The van der Waals surface area contributed by atoms with E-state index < -0.39 is 18.0 Å². The molecule has 1 atom stereocenters. The number of hydrogen-bond acceptors (Lipinski definition) is 7. The number of hydrogen-bond donors (Lipinski definition) is 2. The summed E-state index contributed by atoms with van der Waals surface area (Å²) in [6, 6.07) is 8.37. The van der Waals surface area contributed by atoms with Crippen molar-refractivity contribution in [2.45, 2.75) is 20.0 Å². The monoisotopic (exact) mass is 470 g/mol. The molecular formula is C23H27FN6O4. The number of cyclic esters (lactones) is 1. The van der Waals surface area contributed by atoms with Crippen molar-refractivity contribution in [1.29, 1.82) is 0 Å². The van der Waals surface area contributed by atoms with E-state index in [1.807, 2.05) is 11.0 Å². The molecule has 10 nitrogen and oxygen atoms in total. The number of amides is 3. The number of piperazine rings is 1. The van der Waals surface area contributed by atoms with Gasteiger partial charge in [0.1, 0.15) is 17.7 Å². The molecule has 2 aliphatic rings. The van der Waals surface area contributed by atoms with E-state index in [1.165, 1.54) is 24.8 Å². The van der Waals surface area contributed by atoms with Crippen LogP contribution in [-0.4, -0.2) is 68.3 Å².